The van der Waals surface area contributed by atoms with Crippen LogP contribution in [0.25, 0.3) is 10.8 Å². The monoisotopic (exact) mass is 270 g/mol. The minimum absolute atomic E-state index is 0.0743. The van der Waals surface area contributed by atoms with E-state index in [0.717, 1.165) is 29.3 Å². The number of nitrogens with two attached hydrogens (primary N) is 1. The van der Waals surface area contributed by atoms with E-state index in [1.807, 2.05) is 42.5 Å². The van der Waals surface area contributed by atoms with Crippen molar-refractivity contribution in [3.63, 3.8) is 0 Å². The molecule has 2 aromatic rings. The Balaban J connectivity index is 1.99. The molecule has 0 aromatic heterocycles. The largest absolute Gasteiger partial charge is 0.330 e. The number of amides is 1. The highest BCUT2D eigenvalue weighted by molar-refractivity contribution is 6.02. The van der Waals surface area contributed by atoms with Crippen molar-refractivity contribution in [2.75, 3.05) is 11.9 Å². The maximum Gasteiger partial charge on any atom is 0.224 e. The minimum Gasteiger partial charge on any atom is -0.330 e. The van der Waals surface area contributed by atoms with Crippen LogP contribution in [-0.2, 0) is 4.79 Å². The first kappa shape index (κ1) is 14.5. The highest BCUT2D eigenvalue weighted by Gasteiger charge is 2.08. The lowest BCUT2D eigenvalue weighted by atomic mass is 10.0. The third kappa shape index (κ3) is 3.81. The number of anilines is 1. The van der Waals surface area contributed by atoms with Crippen LogP contribution in [0.15, 0.2) is 42.5 Å². The van der Waals surface area contributed by atoms with Gasteiger partial charge >= 0.3 is 0 Å². The Bertz CT molecular complexity index is 575. The average molecular weight is 270 g/mol. The van der Waals surface area contributed by atoms with E-state index in [1.54, 1.807) is 0 Å². The predicted octanol–water partition coefficient (Wildman–Crippen LogP) is 3.54. The quantitative estimate of drug-likeness (QED) is 0.843. The smallest absolute Gasteiger partial charge is 0.224 e. The molecule has 0 aliphatic rings. The van der Waals surface area contributed by atoms with E-state index in [1.165, 1.54) is 0 Å². The molecule has 0 saturated heterocycles. The number of rotatable bonds is 6. The van der Waals surface area contributed by atoms with Crippen molar-refractivity contribution in [2.24, 2.45) is 11.7 Å². The van der Waals surface area contributed by atoms with E-state index in [2.05, 4.69) is 12.2 Å². The second-order valence-electron chi connectivity index (χ2n) is 5.30. The minimum atomic E-state index is 0.0743. The van der Waals surface area contributed by atoms with Crippen molar-refractivity contribution in [3.05, 3.63) is 42.5 Å². The van der Waals surface area contributed by atoms with Crippen LogP contribution < -0.4 is 11.1 Å². The van der Waals surface area contributed by atoms with Gasteiger partial charge in [-0.1, -0.05) is 43.3 Å². The fourth-order valence-corrected chi connectivity index (χ4v) is 2.35. The average Bonchev–Trinajstić information content (AvgIpc) is 2.46. The van der Waals surface area contributed by atoms with E-state index >= 15 is 0 Å². The Morgan fingerprint density at radius 1 is 1.15 bits per heavy atom. The van der Waals surface area contributed by atoms with Crippen LogP contribution in [-0.4, -0.2) is 12.5 Å². The van der Waals surface area contributed by atoms with Crippen LogP contribution >= 0.6 is 0 Å². The zero-order chi connectivity index (χ0) is 14.4. The third-order valence-corrected chi connectivity index (χ3v) is 3.59. The van der Waals surface area contributed by atoms with Gasteiger partial charge in [-0.2, -0.15) is 0 Å². The van der Waals surface area contributed by atoms with E-state index in [9.17, 15) is 4.79 Å². The number of hydrogen-bond acceptors (Lipinski definition) is 2. The topological polar surface area (TPSA) is 55.1 Å². The first-order valence-electron chi connectivity index (χ1n) is 7.18. The summed E-state index contributed by atoms with van der Waals surface area (Å²) in [5.74, 6) is 0.573. The molecule has 0 heterocycles. The molecule has 1 amide bonds. The lowest BCUT2D eigenvalue weighted by Gasteiger charge is -2.11. The molecule has 3 nitrogen and oxygen atoms in total. The molecule has 0 bridgehead atoms. The van der Waals surface area contributed by atoms with Crippen LogP contribution in [0.4, 0.5) is 5.69 Å². The molecule has 0 fully saturated rings. The van der Waals surface area contributed by atoms with Gasteiger partial charge in [-0.15, -0.1) is 0 Å². The predicted molar refractivity (Wildman–Crippen MR) is 84.6 cm³/mol. The summed E-state index contributed by atoms with van der Waals surface area (Å²) in [4.78, 5) is 12.0. The zero-order valence-electron chi connectivity index (χ0n) is 11.9. The number of fused-ring (bicyclic) bond motifs is 1. The Labute approximate surface area is 120 Å². The van der Waals surface area contributed by atoms with Crippen molar-refractivity contribution in [1.29, 1.82) is 0 Å². The van der Waals surface area contributed by atoms with Crippen LogP contribution in [0, 0.1) is 5.92 Å². The fourth-order valence-electron chi connectivity index (χ4n) is 2.35. The van der Waals surface area contributed by atoms with Gasteiger partial charge in [0.25, 0.3) is 0 Å². The molecule has 2 rings (SSSR count). The van der Waals surface area contributed by atoms with Crippen molar-refractivity contribution in [1.82, 2.24) is 0 Å². The number of nitrogens with one attached hydrogen (secondary N) is 1. The molecule has 0 radical (unpaired) electrons. The molecule has 106 valence electrons. The summed E-state index contributed by atoms with van der Waals surface area (Å²) in [5, 5.41) is 5.23. The van der Waals surface area contributed by atoms with Gasteiger partial charge in [0.15, 0.2) is 0 Å². The van der Waals surface area contributed by atoms with Gasteiger partial charge in [-0.3, -0.25) is 4.79 Å². The number of hydrogen-bond donors (Lipinski definition) is 2. The highest BCUT2D eigenvalue weighted by atomic mass is 16.1. The van der Waals surface area contributed by atoms with Gasteiger partial charge in [0.05, 0.1) is 0 Å². The Morgan fingerprint density at radius 2 is 1.90 bits per heavy atom. The Kier molecular flexibility index (Phi) is 5.13. The standard InChI is InChI=1S/C17H22N2O/c1-13(11-12-18)9-10-17(20)19-16-8-4-6-14-5-2-3-7-15(14)16/h2-8,13H,9-12,18H2,1H3,(H,19,20). The second-order valence-corrected chi connectivity index (χ2v) is 5.30. The lowest BCUT2D eigenvalue weighted by Crippen LogP contribution is -2.14. The second kappa shape index (κ2) is 7.06. The summed E-state index contributed by atoms with van der Waals surface area (Å²) >= 11 is 0. The van der Waals surface area contributed by atoms with Gasteiger partial charge in [-0.25, -0.2) is 0 Å². The first-order chi connectivity index (χ1) is 9.70. The summed E-state index contributed by atoms with van der Waals surface area (Å²) in [5.41, 5.74) is 6.41. The molecule has 0 aliphatic carbocycles. The van der Waals surface area contributed by atoms with Crippen LogP contribution in [0.5, 0.6) is 0 Å². The number of carbonyl (C=O) groups excluding carboxylic acids is 1. The van der Waals surface area contributed by atoms with Crippen molar-refractivity contribution in [2.45, 2.75) is 26.2 Å². The van der Waals surface area contributed by atoms with Crippen LogP contribution in [0.1, 0.15) is 26.2 Å². The SMILES string of the molecule is CC(CCN)CCC(=O)Nc1cccc2ccccc12. The summed E-state index contributed by atoms with van der Waals surface area (Å²) in [6.45, 7) is 2.82. The van der Waals surface area contributed by atoms with Crippen LogP contribution in [0.2, 0.25) is 0 Å². The summed E-state index contributed by atoms with van der Waals surface area (Å²) in [7, 11) is 0. The summed E-state index contributed by atoms with van der Waals surface area (Å²) < 4.78 is 0. The molecule has 1 unspecified atom stereocenters. The lowest BCUT2D eigenvalue weighted by molar-refractivity contribution is -0.116. The maximum absolute atomic E-state index is 12.0. The van der Waals surface area contributed by atoms with E-state index < -0.39 is 0 Å². The Morgan fingerprint density at radius 3 is 2.70 bits per heavy atom. The first-order valence-corrected chi connectivity index (χ1v) is 7.18. The van der Waals surface area contributed by atoms with Gasteiger partial charge in [-0.05, 0) is 36.8 Å². The maximum atomic E-state index is 12.0. The van der Waals surface area contributed by atoms with E-state index in [0.29, 0.717) is 18.9 Å². The van der Waals surface area contributed by atoms with Crippen molar-refractivity contribution in [3.8, 4) is 0 Å². The molecule has 0 saturated carbocycles. The van der Waals surface area contributed by atoms with Gasteiger partial charge in [0.1, 0.15) is 0 Å². The molecule has 20 heavy (non-hydrogen) atoms. The molecule has 0 aliphatic heterocycles. The fraction of sp³-hybridized carbons (Fsp3) is 0.353. The summed E-state index contributed by atoms with van der Waals surface area (Å²) in [6.07, 6.45) is 2.40. The van der Waals surface area contributed by atoms with Crippen LogP contribution in [0.3, 0.4) is 0 Å². The zero-order valence-corrected chi connectivity index (χ0v) is 11.9. The van der Waals surface area contributed by atoms with E-state index in [-0.39, 0.29) is 5.91 Å². The number of benzene rings is 2. The molecule has 2 aromatic carbocycles. The van der Waals surface area contributed by atoms with Crippen molar-refractivity contribution >= 4 is 22.4 Å². The Hall–Kier alpha value is -1.87. The molecular formula is C17H22N2O. The normalized spacial score (nSPS) is 12.3. The van der Waals surface area contributed by atoms with Gasteiger partial charge in [0, 0.05) is 17.5 Å². The molecular weight excluding hydrogens is 248 g/mol. The van der Waals surface area contributed by atoms with Gasteiger partial charge < -0.3 is 11.1 Å². The molecule has 0 spiro atoms. The highest BCUT2D eigenvalue weighted by Crippen LogP contribution is 2.23. The third-order valence-electron chi connectivity index (χ3n) is 3.59. The molecule has 3 heteroatoms. The van der Waals surface area contributed by atoms with E-state index in [4.69, 9.17) is 5.73 Å². The van der Waals surface area contributed by atoms with Gasteiger partial charge in [0.2, 0.25) is 5.91 Å². The summed E-state index contributed by atoms with van der Waals surface area (Å²) in [6, 6.07) is 14.0. The molecule has 3 N–H and O–H groups in total. The van der Waals surface area contributed by atoms with Crippen molar-refractivity contribution < 1.29 is 4.79 Å². The number of carbonyl (C=O) groups is 1. The molecule has 1 atom stereocenters.